The lowest BCUT2D eigenvalue weighted by atomic mass is 10.3. The Balaban J connectivity index is 2.97. The second-order valence-electron chi connectivity index (χ2n) is 2.34. The van der Waals surface area contributed by atoms with Crippen molar-refractivity contribution >= 4 is 11.8 Å². The number of aliphatic hydroxyl groups excluding tert-OH is 1. The van der Waals surface area contributed by atoms with Crippen molar-refractivity contribution in [2.45, 2.75) is 25.0 Å². The summed E-state index contributed by atoms with van der Waals surface area (Å²) in [5.74, 6) is 1.05. The van der Waals surface area contributed by atoms with Crippen LogP contribution >= 0.6 is 11.8 Å². The minimum absolute atomic E-state index is 0.308. The summed E-state index contributed by atoms with van der Waals surface area (Å²) in [6.45, 7) is 3.25. The lowest BCUT2D eigenvalue weighted by Crippen LogP contribution is -2.07. The predicted octanol–water partition coefficient (Wildman–Crippen LogP) is 0.839. The van der Waals surface area contributed by atoms with E-state index in [1.165, 1.54) is 0 Å². The van der Waals surface area contributed by atoms with Crippen LogP contribution in [0.1, 0.15) is 19.8 Å². The molecule has 0 aromatic carbocycles. The molecule has 0 saturated carbocycles. The van der Waals surface area contributed by atoms with E-state index < -0.39 is 0 Å². The number of rotatable bonds is 6. The summed E-state index contributed by atoms with van der Waals surface area (Å²) in [6, 6.07) is 0. The second kappa shape index (κ2) is 7.38. The average molecular weight is 163 g/mol. The van der Waals surface area contributed by atoms with Gasteiger partial charge in [0.15, 0.2) is 0 Å². The SMILES string of the molecule is CC(CCN)SCCCO. The molecule has 62 valence electrons. The smallest absolute Gasteiger partial charge is 0.0438 e. The quantitative estimate of drug-likeness (QED) is 0.570. The van der Waals surface area contributed by atoms with Gasteiger partial charge in [-0.25, -0.2) is 0 Å². The molecule has 0 aromatic heterocycles. The molecule has 0 aromatic rings. The van der Waals surface area contributed by atoms with Gasteiger partial charge in [0.1, 0.15) is 0 Å². The molecule has 10 heavy (non-hydrogen) atoms. The average Bonchev–Trinajstić information content (AvgIpc) is 1.89. The van der Waals surface area contributed by atoms with Gasteiger partial charge in [0.25, 0.3) is 0 Å². The van der Waals surface area contributed by atoms with Gasteiger partial charge in [-0.2, -0.15) is 11.8 Å². The maximum absolute atomic E-state index is 8.47. The molecule has 0 radical (unpaired) electrons. The molecule has 0 fully saturated rings. The number of thioether (sulfide) groups is 1. The highest BCUT2D eigenvalue weighted by molar-refractivity contribution is 7.99. The van der Waals surface area contributed by atoms with Gasteiger partial charge in [0, 0.05) is 11.9 Å². The summed E-state index contributed by atoms with van der Waals surface area (Å²) >= 11 is 1.89. The third kappa shape index (κ3) is 6.39. The number of hydrogen-bond donors (Lipinski definition) is 2. The predicted molar refractivity (Wildman–Crippen MR) is 47.3 cm³/mol. The van der Waals surface area contributed by atoms with Gasteiger partial charge in [-0.3, -0.25) is 0 Å². The van der Waals surface area contributed by atoms with Crippen LogP contribution in [0.4, 0.5) is 0 Å². The summed E-state index contributed by atoms with van der Waals surface area (Å²) in [7, 11) is 0. The van der Waals surface area contributed by atoms with Gasteiger partial charge >= 0.3 is 0 Å². The molecule has 0 heterocycles. The van der Waals surface area contributed by atoms with Crippen LogP contribution in [-0.4, -0.2) is 29.3 Å². The maximum atomic E-state index is 8.47. The molecular formula is C7H17NOS. The Morgan fingerprint density at radius 2 is 2.30 bits per heavy atom. The van der Waals surface area contributed by atoms with Crippen molar-refractivity contribution in [1.82, 2.24) is 0 Å². The van der Waals surface area contributed by atoms with Gasteiger partial charge in [-0.1, -0.05) is 6.92 Å². The summed E-state index contributed by atoms with van der Waals surface area (Å²) in [5.41, 5.74) is 5.37. The maximum Gasteiger partial charge on any atom is 0.0438 e. The zero-order valence-corrected chi connectivity index (χ0v) is 7.36. The minimum atomic E-state index is 0.308. The zero-order valence-electron chi connectivity index (χ0n) is 6.55. The summed E-state index contributed by atoms with van der Waals surface area (Å²) in [4.78, 5) is 0. The van der Waals surface area contributed by atoms with Crippen LogP contribution in [0, 0.1) is 0 Å². The van der Waals surface area contributed by atoms with E-state index >= 15 is 0 Å². The van der Waals surface area contributed by atoms with Crippen molar-refractivity contribution in [3.05, 3.63) is 0 Å². The molecular weight excluding hydrogens is 146 g/mol. The van der Waals surface area contributed by atoms with E-state index in [0.29, 0.717) is 11.9 Å². The lowest BCUT2D eigenvalue weighted by molar-refractivity contribution is 0.296. The van der Waals surface area contributed by atoms with Crippen molar-refractivity contribution in [1.29, 1.82) is 0 Å². The highest BCUT2D eigenvalue weighted by atomic mass is 32.2. The molecule has 1 atom stereocenters. The number of nitrogens with two attached hydrogens (primary N) is 1. The first-order valence-electron chi connectivity index (χ1n) is 3.73. The van der Waals surface area contributed by atoms with Gasteiger partial charge in [0.2, 0.25) is 0 Å². The van der Waals surface area contributed by atoms with Gasteiger partial charge in [0.05, 0.1) is 0 Å². The van der Waals surface area contributed by atoms with Gasteiger partial charge in [-0.15, -0.1) is 0 Å². The highest BCUT2D eigenvalue weighted by Crippen LogP contribution is 2.13. The molecule has 0 amide bonds. The van der Waals surface area contributed by atoms with E-state index in [1.54, 1.807) is 0 Å². The van der Waals surface area contributed by atoms with Crippen molar-refractivity contribution in [3.8, 4) is 0 Å². The fourth-order valence-electron chi connectivity index (χ4n) is 0.667. The van der Waals surface area contributed by atoms with E-state index in [9.17, 15) is 0 Å². The Bertz CT molecular complexity index is 70.6. The molecule has 1 unspecified atom stereocenters. The van der Waals surface area contributed by atoms with Crippen molar-refractivity contribution in [2.75, 3.05) is 18.9 Å². The van der Waals surface area contributed by atoms with E-state index in [1.807, 2.05) is 11.8 Å². The zero-order chi connectivity index (χ0) is 7.82. The normalized spacial score (nSPS) is 13.5. The largest absolute Gasteiger partial charge is 0.396 e. The Labute approximate surface area is 67.2 Å². The summed E-state index contributed by atoms with van der Waals surface area (Å²) in [6.07, 6.45) is 1.98. The van der Waals surface area contributed by atoms with Crippen LogP contribution in [0.5, 0.6) is 0 Å². The molecule has 0 bridgehead atoms. The Kier molecular flexibility index (Phi) is 7.58. The fourth-order valence-corrected chi connectivity index (χ4v) is 1.67. The first kappa shape index (κ1) is 10.3. The first-order chi connectivity index (χ1) is 4.81. The molecule has 3 N–H and O–H groups in total. The van der Waals surface area contributed by atoms with Crippen LogP contribution in [0.2, 0.25) is 0 Å². The fraction of sp³-hybridized carbons (Fsp3) is 1.00. The van der Waals surface area contributed by atoms with Crippen LogP contribution in [0.15, 0.2) is 0 Å². The third-order valence-corrected chi connectivity index (χ3v) is 2.61. The Hall–Kier alpha value is 0.270. The van der Waals surface area contributed by atoms with Gasteiger partial charge < -0.3 is 10.8 Å². The van der Waals surface area contributed by atoms with Gasteiger partial charge in [-0.05, 0) is 25.1 Å². The molecule has 0 rings (SSSR count). The summed E-state index contributed by atoms with van der Waals surface area (Å²) in [5, 5.41) is 9.12. The van der Waals surface area contributed by atoms with E-state index in [2.05, 4.69) is 6.92 Å². The van der Waals surface area contributed by atoms with E-state index in [-0.39, 0.29) is 0 Å². The van der Waals surface area contributed by atoms with Crippen molar-refractivity contribution in [2.24, 2.45) is 5.73 Å². The molecule has 2 nitrogen and oxygen atoms in total. The molecule has 3 heteroatoms. The summed E-state index contributed by atoms with van der Waals surface area (Å²) < 4.78 is 0. The van der Waals surface area contributed by atoms with Crippen LogP contribution in [-0.2, 0) is 0 Å². The van der Waals surface area contributed by atoms with E-state index in [4.69, 9.17) is 10.8 Å². The first-order valence-corrected chi connectivity index (χ1v) is 4.78. The molecule has 0 aliphatic heterocycles. The number of hydrogen-bond acceptors (Lipinski definition) is 3. The third-order valence-electron chi connectivity index (χ3n) is 1.28. The molecule has 0 spiro atoms. The topological polar surface area (TPSA) is 46.2 Å². The minimum Gasteiger partial charge on any atom is -0.396 e. The Morgan fingerprint density at radius 3 is 2.80 bits per heavy atom. The Morgan fingerprint density at radius 1 is 1.60 bits per heavy atom. The molecule has 0 aliphatic rings. The van der Waals surface area contributed by atoms with Crippen LogP contribution < -0.4 is 5.73 Å². The second-order valence-corrected chi connectivity index (χ2v) is 3.88. The highest BCUT2D eigenvalue weighted by Gasteiger charge is 1.98. The van der Waals surface area contributed by atoms with E-state index in [0.717, 1.165) is 25.1 Å². The molecule has 0 aliphatic carbocycles. The van der Waals surface area contributed by atoms with Crippen LogP contribution in [0.3, 0.4) is 0 Å². The van der Waals surface area contributed by atoms with Crippen molar-refractivity contribution < 1.29 is 5.11 Å². The van der Waals surface area contributed by atoms with Crippen molar-refractivity contribution in [3.63, 3.8) is 0 Å². The molecule has 0 saturated heterocycles. The number of aliphatic hydroxyl groups is 1. The van der Waals surface area contributed by atoms with Crippen LogP contribution in [0.25, 0.3) is 0 Å². The lowest BCUT2D eigenvalue weighted by Gasteiger charge is -2.07. The standard InChI is InChI=1S/C7H17NOS/c1-7(3-4-8)10-6-2-5-9/h7,9H,2-6,8H2,1H3. The monoisotopic (exact) mass is 163 g/mol.